The molecule has 0 saturated heterocycles. The fourth-order valence-electron chi connectivity index (χ4n) is 6.85. The van der Waals surface area contributed by atoms with Crippen LogP contribution in [0.25, 0.3) is 45.5 Å². The Labute approximate surface area is 578 Å². The van der Waals surface area contributed by atoms with Gasteiger partial charge in [-0.15, -0.1) is 76.4 Å². The van der Waals surface area contributed by atoms with Crippen LogP contribution < -0.4 is 73.2 Å². The molecule has 0 aliphatic rings. The molecule has 0 saturated carbocycles. The van der Waals surface area contributed by atoms with E-state index in [-0.39, 0.29) is 153 Å². The monoisotopic (exact) mass is 1290 g/mol. The predicted octanol–water partition coefficient (Wildman–Crippen LogP) is -0.280. The van der Waals surface area contributed by atoms with Gasteiger partial charge in [0.15, 0.2) is 0 Å². The summed E-state index contributed by atoms with van der Waals surface area (Å²) < 4.78 is 89.3. The van der Waals surface area contributed by atoms with Gasteiger partial charge in [-0.05, 0) is 35.2 Å². The maximum absolute atomic E-state index is 13.7. The third-order valence-electron chi connectivity index (χ3n) is 10.3. The standard InChI is InChI=1S/C15H19N2O.C14H16F2N3.C9H6F2N3.C9H5F2N2.C9H8N3.3ClH.Li.2Mg.Na.Zn/c1-10-6-7-12(11(2)8-10)14-16-13(18-17-14)9-15(3,4)5;1-14(2,3)8-12-17-13(18-19(12)4)10-6-5-9(15)7-11(10)16;1-14-5-4-12-9(14)6-2-3-7(10)13-8(6)11;10-7-2-3-9(8(11)6-7)13-5-1-4-12-13;1-8-10-7-11-12(8)9-5-3-2-4-6-9;;;;;;;;/h6,8H,9H2,1-5H3;5,7H,8H2,1-4H3;3-5H,1H3;1-2,4-6H;2-5,7H,1H3;3*1H;;;;;/q5*-1;;;;+1;2*+2;+1;+2/p-3. The zero-order valence-electron chi connectivity index (χ0n) is 49.0. The smallest absolute Gasteiger partial charge is 1.00 e. The zero-order valence-corrected chi connectivity index (χ0v) is 59.0. The molecule has 10 rings (SSSR count). The average Bonchev–Trinajstić information content (AvgIpc) is 4.25. The van der Waals surface area contributed by atoms with Gasteiger partial charge in [-0.1, -0.05) is 78.6 Å². The molecular weight excluding hydrogens is 1230 g/mol. The number of aromatic nitrogens is 13. The summed E-state index contributed by atoms with van der Waals surface area (Å²) in [5, 5.41) is 16.1. The van der Waals surface area contributed by atoms with E-state index in [1.807, 2.05) is 44.2 Å². The van der Waals surface area contributed by atoms with E-state index < -0.39 is 35.2 Å². The predicted molar refractivity (Wildman–Crippen MR) is 289 cm³/mol. The minimum atomic E-state index is -0.903. The van der Waals surface area contributed by atoms with E-state index in [4.69, 9.17) is 14.2 Å². The van der Waals surface area contributed by atoms with Crippen LogP contribution >= 0.6 is 9.69 Å². The van der Waals surface area contributed by atoms with Crippen molar-refractivity contribution >= 4 is 55.8 Å². The molecule has 0 atom stereocenters. The van der Waals surface area contributed by atoms with Crippen molar-refractivity contribution < 1.29 is 121 Å². The van der Waals surface area contributed by atoms with E-state index in [2.05, 4.69) is 130 Å². The Morgan fingerprint density at radius 3 is 1.82 bits per heavy atom. The number of benzene rings is 4. The van der Waals surface area contributed by atoms with Gasteiger partial charge in [0.2, 0.25) is 5.89 Å². The van der Waals surface area contributed by atoms with E-state index in [0.717, 1.165) is 88.9 Å². The van der Waals surface area contributed by atoms with Crippen LogP contribution in [0.4, 0.5) is 26.3 Å². The summed E-state index contributed by atoms with van der Waals surface area (Å²) in [6.07, 6.45) is 9.29. The molecule has 84 heavy (non-hydrogen) atoms. The Balaban J connectivity index is 0. The average molecular weight is 1290 g/mol. The molecule has 420 valence electrons. The molecule has 10 aromatic rings. The van der Waals surface area contributed by atoms with E-state index in [0.29, 0.717) is 17.5 Å². The number of imidazole rings is 1. The summed E-state index contributed by atoms with van der Waals surface area (Å²) in [6, 6.07) is 31.9. The number of nitrogens with zero attached hydrogens (tertiary/aromatic N) is 13. The summed E-state index contributed by atoms with van der Waals surface area (Å²) in [6.45, 7) is 18.7. The molecule has 0 spiro atoms. The molecule has 0 aliphatic carbocycles. The molecule has 0 fully saturated rings. The van der Waals surface area contributed by atoms with Gasteiger partial charge in [-0.2, -0.15) is 40.5 Å². The van der Waals surface area contributed by atoms with Gasteiger partial charge in [-0.25, -0.2) is 28.5 Å². The van der Waals surface area contributed by atoms with Gasteiger partial charge in [0.1, 0.15) is 35.7 Å². The molecule has 6 heterocycles. The third-order valence-corrected chi connectivity index (χ3v) is 10.3. The molecule has 0 amide bonds. The van der Waals surface area contributed by atoms with Crippen LogP contribution in [-0.4, -0.2) is 110 Å². The van der Waals surface area contributed by atoms with Crippen molar-refractivity contribution in [1.82, 2.24) is 64.0 Å². The molecule has 0 N–H and O–H groups in total. The summed E-state index contributed by atoms with van der Waals surface area (Å²) in [5.41, 5.74) is 4.64. The molecule has 0 bridgehead atoms. The first-order valence-corrected chi connectivity index (χ1v) is 27.6. The first kappa shape index (κ1) is 82.1. The normalized spacial score (nSPS) is 10.1. The summed E-state index contributed by atoms with van der Waals surface area (Å²) in [7, 11) is 8.23. The number of hydrogen-bond donors (Lipinski definition) is 0. The van der Waals surface area contributed by atoms with Crippen molar-refractivity contribution in [2.24, 2.45) is 24.9 Å². The molecule has 0 unspecified atom stereocenters. The Kier molecular flexibility index (Phi) is 38.2. The molecule has 0 radical (unpaired) electrons. The van der Waals surface area contributed by atoms with Gasteiger partial charge >= 0.3 is 122 Å². The van der Waals surface area contributed by atoms with Gasteiger partial charge in [0.25, 0.3) is 0 Å². The van der Waals surface area contributed by atoms with Gasteiger partial charge < -0.3 is 33.9 Å². The van der Waals surface area contributed by atoms with E-state index in [9.17, 15) is 26.3 Å². The van der Waals surface area contributed by atoms with Crippen molar-refractivity contribution in [1.29, 1.82) is 0 Å². The number of hydrogen-bond acceptors (Lipinski definition) is 10. The maximum atomic E-state index is 13.7. The van der Waals surface area contributed by atoms with Crippen LogP contribution in [-0.2, 0) is 44.2 Å². The number of rotatable bonds is 7. The first-order chi connectivity index (χ1) is 36.9. The van der Waals surface area contributed by atoms with Gasteiger partial charge in [0, 0.05) is 75.0 Å². The van der Waals surface area contributed by atoms with Crippen molar-refractivity contribution in [3.8, 4) is 45.5 Å². The number of pyridine rings is 1. The molecule has 6 aromatic heterocycles. The Morgan fingerprint density at radius 2 is 1.30 bits per heavy atom. The Hall–Kier alpha value is -3.93. The quantitative estimate of drug-likeness (QED) is 0.0904. The Morgan fingerprint density at radius 1 is 0.667 bits per heavy atom. The summed E-state index contributed by atoms with van der Waals surface area (Å²) in [5.74, 6) is -0.916. The van der Waals surface area contributed by atoms with Crippen molar-refractivity contribution in [2.75, 3.05) is 0 Å². The van der Waals surface area contributed by atoms with Crippen molar-refractivity contribution in [3.05, 3.63) is 198 Å². The molecular formula is C56H54Cl3F6LiMg2N13NaOZn. The van der Waals surface area contributed by atoms with Gasteiger partial charge in [-0.3, -0.25) is 41.9 Å². The molecule has 28 heteroatoms. The number of para-hydroxylation sites is 1. The minimum absolute atomic E-state index is 0. The van der Waals surface area contributed by atoms with Crippen molar-refractivity contribution in [2.45, 2.75) is 75.2 Å². The summed E-state index contributed by atoms with van der Waals surface area (Å²) >= 11 is 0.847. The molecule has 0 aliphatic heterocycles. The third kappa shape index (κ3) is 25.8. The van der Waals surface area contributed by atoms with Crippen LogP contribution in [0.5, 0.6) is 0 Å². The largest absolute Gasteiger partial charge is 2.00 e. The topological polar surface area (TPSA) is 149 Å². The zero-order chi connectivity index (χ0) is 57.3. The van der Waals surface area contributed by atoms with E-state index in [1.165, 1.54) is 29.0 Å². The molecule has 14 nitrogen and oxygen atoms in total. The second-order valence-corrected chi connectivity index (χ2v) is 19.4. The van der Waals surface area contributed by atoms with Gasteiger partial charge in [0.05, 0.1) is 11.6 Å². The van der Waals surface area contributed by atoms with Crippen LogP contribution in [0.15, 0.2) is 108 Å². The number of halogens is 9. The molecule has 4 aromatic carbocycles. The maximum Gasteiger partial charge on any atom is 2.00 e. The van der Waals surface area contributed by atoms with Crippen LogP contribution in [0.3, 0.4) is 0 Å². The fourth-order valence-corrected chi connectivity index (χ4v) is 6.85. The second-order valence-electron chi connectivity index (χ2n) is 19.4. The second kappa shape index (κ2) is 39.1. The first-order valence-electron chi connectivity index (χ1n) is 23.7. The SMILES string of the molecule is Cc1c[c-]c(-c2noc(CC(C)(C)C)n2)c(C)c1.Cc1ncnn1-c1[c-]cccc1.Cn1ccnc1-c1[c-]cc(F)nc1F.Cn1nc(-c2[c-]cc(F)cc2F)nc1CC(C)(C)C.Fc1c[c-]c(-n2cccn2)c(F)c1.[Cl-].[Cl-].[Cl][Zn+].[Li+].[Mg+2].[Mg+2].[Na+]. The van der Waals surface area contributed by atoms with E-state index >= 15 is 0 Å². The van der Waals surface area contributed by atoms with Crippen LogP contribution in [0.2, 0.25) is 0 Å². The van der Waals surface area contributed by atoms with Crippen LogP contribution in [0, 0.1) is 97.1 Å². The minimum Gasteiger partial charge on any atom is 1.00 e. The summed E-state index contributed by atoms with van der Waals surface area (Å²) in [4.78, 5) is 19.7. The van der Waals surface area contributed by atoms with Crippen molar-refractivity contribution in [3.63, 3.8) is 0 Å². The fraction of sp³-hybridized carbons (Fsp3) is 0.268. The Bertz CT molecular complexity index is 3500. The van der Waals surface area contributed by atoms with E-state index in [1.54, 1.807) is 46.5 Å². The number of aryl methyl sites for hydroxylation is 5. The van der Waals surface area contributed by atoms with Crippen LogP contribution in [0.1, 0.15) is 70.2 Å².